The van der Waals surface area contributed by atoms with Gasteiger partial charge in [0.15, 0.2) is 0 Å². The number of nitrogens with zero attached hydrogens (tertiary/aromatic N) is 2. The molecule has 4 heteroatoms. The minimum absolute atomic E-state index is 0. The summed E-state index contributed by atoms with van der Waals surface area (Å²) in [5.74, 6) is 3.64. The van der Waals surface area contributed by atoms with Gasteiger partial charge in [0.2, 0.25) is 0 Å². The van der Waals surface area contributed by atoms with Gasteiger partial charge in [-0.15, -0.1) is 11.8 Å². The molecule has 0 aliphatic rings. The zero-order chi connectivity index (χ0) is 16.3. The highest BCUT2D eigenvalue weighted by Crippen LogP contribution is 2.17. The summed E-state index contributed by atoms with van der Waals surface area (Å²) in [6.45, 7) is 5.50. The molecule has 1 heterocycles. The highest BCUT2D eigenvalue weighted by atomic mass is 35.5. The number of aryl methyl sites for hydroxylation is 1. The van der Waals surface area contributed by atoms with Crippen LogP contribution in [0.25, 0.3) is 11.4 Å². The van der Waals surface area contributed by atoms with E-state index in [1.54, 1.807) is 0 Å². The zero-order valence-electron chi connectivity index (χ0n) is 15.1. The lowest BCUT2D eigenvalue weighted by Crippen LogP contribution is -3.00. The fourth-order valence-electron chi connectivity index (χ4n) is 2.89. The number of hydrogen-bond acceptors (Lipinski definition) is 1. The average molecular weight is 367 g/mol. The van der Waals surface area contributed by atoms with Crippen LogP contribution >= 0.6 is 11.8 Å². The molecule has 2 nitrogen and oxygen atoms in total. The maximum absolute atomic E-state index is 2.39. The maximum atomic E-state index is 2.39. The van der Waals surface area contributed by atoms with Crippen molar-refractivity contribution < 1.29 is 17.0 Å². The lowest BCUT2D eigenvalue weighted by Gasteiger charge is -2.05. The van der Waals surface area contributed by atoms with Crippen molar-refractivity contribution in [3.05, 3.63) is 42.7 Å². The van der Waals surface area contributed by atoms with Gasteiger partial charge in [-0.2, -0.15) is 0 Å². The molecular formula is C20H31ClN2S. The summed E-state index contributed by atoms with van der Waals surface area (Å²) in [6.07, 6.45) is 12.7. The van der Waals surface area contributed by atoms with E-state index in [9.17, 15) is 0 Å². The fraction of sp³-hybridized carbons (Fsp3) is 0.550. The average Bonchev–Trinajstić information content (AvgIpc) is 3.01. The monoisotopic (exact) mass is 366 g/mol. The van der Waals surface area contributed by atoms with E-state index in [0.29, 0.717) is 0 Å². The normalized spacial score (nSPS) is 10.6. The molecule has 2 rings (SSSR count). The summed E-state index contributed by atoms with van der Waals surface area (Å²) < 4.78 is 4.72. The molecular weight excluding hydrogens is 336 g/mol. The number of halogens is 1. The third kappa shape index (κ3) is 6.52. The van der Waals surface area contributed by atoms with Crippen molar-refractivity contribution in [1.29, 1.82) is 0 Å². The molecule has 24 heavy (non-hydrogen) atoms. The topological polar surface area (TPSA) is 8.81 Å². The Morgan fingerprint density at radius 2 is 1.67 bits per heavy atom. The van der Waals surface area contributed by atoms with E-state index in [1.807, 2.05) is 0 Å². The van der Waals surface area contributed by atoms with Crippen LogP contribution in [0.15, 0.2) is 42.7 Å². The molecule has 0 aliphatic heterocycles. The number of thioether (sulfide) groups is 1. The van der Waals surface area contributed by atoms with Crippen molar-refractivity contribution in [3.8, 4) is 11.4 Å². The molecule has 0 spiro atoms. The molecule has 2 aromatic rings. The van der Waals surface area contributed by atoms with Crippen LogP contribution in [0, 0.1) is 0 Å². The highest BCUT2D eigenvalue weighted by Gasteiger charge is 2.17. The zero-order valence-corrected chi connectivity index (χ0v) is 16.7. The first-order valence-electron chi connectivity index (χ1n) is 9.08. The molecule has 0 atom stereocenters. The minimum Gasteiger partial charge on any atom is -1.00 e. The van der Waals surface area contributed by atoms with Crippen LogP contribution in [0.3, 0.4) is 0 Å². The van der Waals surface area contributed by atoms with Crippen molar-refractivity contribution in [2.45, 2.75) is 64.8 Å². The molecule has 0 radical (unpaired) electrons. The lowest BCUT2D eigenvalue weighted by molar-refractivity contribution is -0.664. The van der Waals surface area contributed by atoms with E-state index < -0.39 is 0 Å². The summed E-state index contributed by atoms with van der Waals surface area (Å²) in [5.41, 5.74) is 1.31. The quantitative estimate of drug-likeness (QED) is 0.438. The van der Waals surface area contributed by atoms with E-state index in [4.69, 9.17) is 0 Å². The second-order valence-electron chi connectivity index (χ2n) is 6.05. The Labute approximate surface area is 158 Å². The lowest BCUT2D eigenvalue weighted by atomic mass is 10.1. The molecule has 1 aromatic carbocycles. The van der Waals surface area contributed by atoms with Gasteiger partial charge in [-0.3, -0.25) is 0 Å². The number of rotatable bonds is 11. The van der Waals surface area contributed by atoms with E-state index in [2.05, 4.69) is 77.5 Å². The number of imidazole rings is 1. The third-order valence-electron chi connectivity index (χ3n) is 4.22. The first kappa shape index (κ1) is 21.1. The molecule has 0 unspecified atom stereocenters. The second-order valence-corrected chi connectivity index (χ2v) is 7.12. The molecule has 1 aromatic heterocycles. The van der Waals surface area contributed by atoms with Gasteiger partial charge in [-0.1, -0.05) is 57.2 Å². The molecule has 0 fully saturated rings. The van der Waals surface area contributed by atoms with Gasteiger partial charge in [-0.05, 0) is 31.2 Å². The van der Waals surface area contributed by atoms with E-state index >= 15 is 0 Å². The second kappa shape index (κ2) is 12.4. The van der Waals surface area contributed by atoms with Gasteiger partial charge < -0.3 is 12.4 Å². The summed E-state index contributed by atoms with van der Waals surface area (Å²) in [4.78, 5) is 0. The van der Waals surface area contributed by atoms with Crippen molar-refractivity contribution in [3.63, 3.8) is 0 Å². The number of hydrogen-bond donors (Lipinski definition) is 0. The van der Waals surface area contributed by atoms with Gasteiger partial charge in [0.05, 0.1) is 12.1 Å². The Kier molecular flexibility index (Phi) is 10.9. The molecule has 0 saturated carbocycles. The van der Waals surface area contributed by atoms with E-state index in [1.165, 1.54) is 55.7 Å². The van der Waals surface area contributed by atoms with E-state index in [0.717, 1.165) is 12.4 Å². The van der Waals surface area contributed by atoms with Gasteiger partial charge >= 0.3 is 0 Å². The molecule has 0 saturated heterocycles. The van der Waals surface area contributed by atoms with Crippen LogP contribution in [0.2, 0.25) is 0 Å². The number of benzene rings is 1. The van der Waals surface area contributed by atoms with E-state index in [-0.39, 0.29) is 12.4 Å². The van der Waals surface area contributed by atoms with Crippen LogP contribution in [0.4, 0.5) is 0 Å². The molecule has 0 aliphatic carbocycles. The molecule has 0 amide bonds. The summed E-state index contributed by atoms with van der Waals surface area (Å²) in [6, 6.07) is 10.7. The van der Waals surface area contributed by atoms with Crippen molar-refractivity contribution in [2.75, 3.05) is 5.75 Å². The van der Waals surface area contributed by atoms with Crippen molar-refractivity contribution >= 4 is 11.8 Å². The summed E-state index contributed by atoms with van der Waals surface area (Å²) in [5, 5.41) is 0. The predicted molar refractivity (Wildman–Crippen MR) is 102 cm³/mol. The van der Waals surface area contributed by atoms with Crippen molar-refractivity contribution in [1.82, 2.24) is 4.57 Å². The Hall–Kier alpha value is -0.930. The first-order chi connectivity index (χ1) is 11.4. The predicted octanol–water partition coefficient (Wildman–Crippen LogP) is 2.52. The van der Waals surface area contributed by atoms with Crippen LogP contribution in [0.1, 0.15) is 52.4 Å². The Morgan fingerprint density at radius 3 is 2.38 bits per heavy atom. The standard InChI is InChI=1S/C20H31N2S.ClH/c1-3-5-6-7-8-12-17-23-18-22-16-15-21(4-2)20(22)19-13-10-9-11-14-19;/h9-11,13-16H,3-8,12,17-18H2,1-2H3;1H/q+1;/p-1. The van der Waals surface area contributed by atoms with Crippen molar-refractivity contribution in [2.24, 2.45) is 0 Å². The largest absolute Gasteiger partial charge is 1.00 e. The van der Waals surface area contributed by atoms with Crippen LogP contribution < -0.4 is 17.0 Å². The molecule has 0 N–H and O–H groups in total. The number of aromatic nitrogens is 2. The molecule has 134 valence electrons. The third-order valence-corrected chi connectivity index (χ3v) is 5.25. The first-order valence-corrected chi connectivity index (χ1v) is 10.2. The number of unbranched alkanes of at least 4 members (excludes halogenated alkanes) is 5. The van der Waals surface area contributed by atoms with Crippen LogP contribution in [-0.4, -0.2) is 10.3 Å². The summed E-state index contributed by atoms with van der Waals surface area (Å²) in [7, 11) is 0. The smallest absolute Gasteiger partial charge is 0.289 e. The Bertz CT molecular complexity index is 554. The van der Waals surface area contributed by atoms with Gasteiger partial charge in [0.1, 0.15) is 18.3 Å². The Balaban J connectivity index is 0.00000288. The summed E-state index contributed by atoms with van der Waals surface area (Å²) >= 11 is 2.05. The van der Waals surface area contributed by atoms with Crippen LogP contribution in [-0.2, 0) is 12.4 Å². The SMILES string of the molecule is CCCCCCCCSC[n+]1ccn(CC)c1-c1ccccc1.[Cl-]. The molecule has 0 bridgehead atoms. The van der Waals surface area contributed by atoms with Gasteiger partial charge in [0.25, 0.3) is 5.82 Å². The van der Waals surface area contributed by atoms with Crippen LogP contribution in [0.5, 0.6) is 0 Å². The van der Waals surface area contributed by atoms with Gasteiger partial charge in [-0.25, -0.2) is 9.13 Å². The highest BCUT2D eigenvalue weighted by molar-refractivity contribution is 7.98. The fourth-order valence-corrected chi connectivity index (χ4v) is 3.84. The van der Waals surface area contributed by atoms with Gasteiger partial charge in [0, 0.05) is 0 Å². The maximum Gasteiger partial charge on any atom is 0.289 e. The minimum atomic E-state index is 0. The Morgan fingerprint density at radius 1 is 0.958 bits per heavy atom.